The molecule has 2 aromatic rings. The van der Waals surface area contributed by atoms with E-state index in [1.165, 1.54) is 40.6 Å². The SMILES string of the molecule is COc1cc(C=O)c(C(=O)NN2Cc3ccc(OC)c(OC)c3C2=O)cc1OC. The lowest BCUT2D eigenvalue weighted by molar-refractivity contribution is 0.0600. The van der Waals surface area contributed by atoms with E-state index in [9.17, 15) is 14.4 Å². The predicted molar refractivity (Wildman–Crippen MR) is 102 cm³/mol. The lowest BCUT2D eigenvalue weighted by atomic mass is 10.1. The van der Waals surface area contributed by atoms with E-state index in [0.717, 1.165) is 5.01 Å². The van der Waals surface area contributed by atoms with Crippen molar-refractivity contribution in [3.05, 3.63) is 46.5 Å². The fourth-order valence-electron chi connectivity index (χ4n) is 3.17. The van der Waals surface area contributed by atoms with Gasteiger partial charge in [0.25, 0.3) is 11.8 Å². The molecule has 1 aliphatic heterocycles. The van der Waals surface area contributed by atoms with E-state index in [2.05, 4.69) is 5.43 Å². The average molecular weight is 400 g/mol. The van der Waals surface area contributed by atoms with Gasteiger partial charge in [-0.3, -0.25) is 19.8 Å². The van der Waals surface area contributed by atoms with Gasteiger partial charge in [0.1, 0.15) is 0 Å². The molecule has 1 N–H and O–H groups in total. The Bertz CT molecular complexity index is 987. The Labute approximate surface area is 167 Å². The molecule has 0 saturated heterocycles. The molecule has 0 radical (unpaired) electrons. The Kier molecular flexibility index (Phi) is 5.58. The Hall–Kier alpha value is -3.75. The smallest absolute Gasteiger partial charge is 0.276 e. The van der Waals surface area contributed by atoms with Gasteiger partial charge >= 0.3 is 0 Å². The first kappa shape index (κ1) is 20.0. The molecule has 2 aromatic carbocycles. The number of methoxy groups -OCH3 is 4. The first-order chi connectivity index (χ1) is 14.0. The van der Waals surface area contributed by atoms with Gasteiger partial charge in [-0.25, -0.2) is 5.01 Å². The molecule has 2 amide bonds. The van der Waals surface area contributed by atoms with Crippen LogP contribution >= 0.6 is 0 Å². The van der Waals surface area contributed by atoms with Gasteiger partial charge in [0.2, 0.25) is 0 Å². The molecule has 3 rings (SSSR count). The summed E-state index contributed by atoms with van der Waals surface area (Å²) >= 11 is 0. The van der Waals surface area contributed by atoms with E-state index in [0.29, 0.717) is 34.7 Å². The van der Waals surface area contributed by atoms with Crippen LogP contribution in [0, 0.1) is 0 Å². The number of benzene rings is 2. The van der Waals surface area contributed by atoms with Gasteiger partial charge in [-0.2, -0.15) is 0 Å². The molecule has 0 spiro atoms. The Morgan fingerprint density at radius 3 is 2.24 bits per heavy atom. The molecule has 0 aromatic heterocycles. The minimum atomic E-state index is -0.639. The Balaban J connectivity index is 1.91. The maximum absolute atomic E-state index is 12.9. The van der Waals surface area contributed by atoms with Crippen LogP contribution in [0.4, 0.5) is 0 Å². The predicted octanol–water partition coefficient (Wildman–Crippen LogP) is 1.83. The van der Waals surface area contributed by atoms with Crippen LogP contribution in [0.1, 0.15) is 36.6 Å². The number of nitrogens with one attached hydrogen (secondary N) is 1. The summed E-state index contributed by atoms with van der Waals surface area (Å²) in [5.41, 5.74) is 3.68. The van der Waals surface area contributed by atoms with Gasteiger partial charge < -0.3 is 18.9 Å². The van der Waals surface area contributed by atoms with Crippen LogP contribution in [0.3, 0.4) is 0 Å². The third-order valence-electron chi connectivity index (χ3n) is 4.58. The highest BCUT2D eigenvalue weighted by atomic mass is 16.5. The van der Waals surface area contributed by atoms with E-state index >= 15 is 0 Å². The van der Waals surface area contributed by atoms with E-state index in [1.54, 1.807) is 12.1 Å². The van der Waals surface area contributed by atoms with Crippen molar-refractivity contribution >= 4 is 18.1 Å². The summed E-state index contributed by atoms with van der Waals surface area (Å²) in [5.74, 6) is 0.220. The molecule has 0 saturated carbocycles. The summed E-state index contributed by atoms with van der Waals surface area (Å²) in [5, 5.41) is 1.15. The van der Waals surface area contributed by atoms with Crippen molar-refractivity contribution in [2.75, 3.05) is 28.4 Å². The summed E-state index contributed by atoms with van der Waals surface area (Å²) in [6, 6.07) is 6.20. The molecule has 1 heterocycles. The van der Waals surface area contributed by atoms with E-state index in [4.69, 9.17) is 18.9 Å². The number of hydrogen-bond acceptors (Lipinski definition) is 7. The van der Waals surface area contributed by atoms with Crippen molar-refractivity contribution in [2.24, 2.45) is 0 Å². The number of carbonyl (C=O) groups is 3. The zero-order chi connectivity index (χ0) is 21.1. The molecule has 9 heteroatoms. The van der Waals surface area contributed by atoms with Crippen molar-refractivity contribution < 1.29 is 33.3 Å². The van der Waals surface area contributed by atoms with E-state index < -0.39 is 11.8 Å². The second kappa shape index (κ2) is 8.09. The van der Waals surface area contributed by atoms with Crippen LogP contribution in [0.25, 0.3) is 0 Å². The van der Waals surface area contributed by atoms with Crippen molar-refractivity contribution in [2.45, 2.75) is 6.54 Å². The minimum Gasteiger partial charge on any atom is -0.493 e. The van der Waals surface area contributed by atoms with Gasteiger partial charge in [-0.15, -0.1) is 0 Å². The van der Waals surface area contributed by atoms with Crippen LogP contribution in [0.5, 0.6) is 23.0 Å². The number of fused-ring (bicyclic) bond motifs is 1. The monoisotopic (exact) mass is 400 g/mol. The summed E-state index contributed by atoms with van der Waals surface area (Å²) in [4.78, 5) is 37.1. The summed E-state index contributed by atoms with van der Waals surface area (Å²) < 4.78 is 20.9. The topological polar surface area (TPSA) is 103 Å². The Morgan fingerprint density at radius 2 is 1.66 bits per heavy atom. The number of hydrogen-bond donors (Lipinski definition) is 1. The highest BCUT2D eigenvalue weighted by Gasteiger charge is 2.34. The normalized spacial score (nSPS) is 12.3. The molecular formula is C20H20N2O7. The number of amides is 2. The minimum absolute atomic E-state index is 0.0472. The van der Waals surface area contributed by atoms with Crippen LogP contribution in [0.2, 0.25) is 0 Å². The lowest BCUT2D eigenvalue weighted by Gasteiger charge is -2.18. The maximum atomic E-state index is 12.9. The molecule has 1 aliphatic rings. The third-order valence-corrected chi connectivity index (χ3v) is 4.58. The number of ether oxygens (including phenoxy) is 4. The molecule has 29 heavy (non-hydrogen) atoms. The van der Waals surface area contributed by atoms with Crippen molar-refractivity contribution in [1.82, 2.24) is 10.4 Å². The zero-order valence-corrected chi connectivity index (χ0v) is 16.4. The number of hydrazine groups is 1. The number of nitrogens with zero attached hydrogens (tertiary/aromatic N) is 1. The highest BCUT2D eigenvalue weighted by Crippen LogP contribution is 2.38. The third kappa shape index (κ3) is 3.42. The fourth-order valence-corrected chi connectivity index (χ4v) is 3.17. The maximum Gasteiger partial charge on any atom is 0.276 e. The van der Waals surface area contributed by atoms with Gasteiger partial charge in [-0.1, -0.05) is 6.07 Å². The second-order valence-corrected chi connectivity index (χ2v) is 6.08. The van der Waals surface area contributed by atoms with Gasteiger partial charge in [0.05, 0.1) is 46.1 Å². The quantitative estimate of drug-likeness (QED) is 0.707. The molecular weight excluding hydrogens is 380 g/mol. The second-order valence-electron chi connectivity index (χ2n) is 6.08. The lowest BCUT2D eigenvalue weighted by Crippen LogP contribution is -2.42. The van der Waals surface area contributed by atoms with Crippen molar-refractivity contribution in [1.29, 1.82) is 0 Å². The van der Waals surface area contributed by atoms with Crippen LogP contribution in [-0.2, 0) is 6.54 Å². The number of aldehydes is 1. The molecule has 0 atom stereocenters. The highest BCUT2D eigenvalue weighted by molar-refractivity contribution is 6.06. The summed E-state index contributed by atoms with van der Waals surface area (Å²) in [7, 11) is 5.75. The largest absolute Gasteiger partial charge is 0.493 e. The average Bonchev–Trinajstić information content (AvgIpc) is 3.06. The van der Waals surface area contributed by atoms with E-state index in [-0.39, 0.29) is 23.4 Å². The summed E-state index contributed by atoms with van der Waals surface area (Å²) in [6.07, 6.45) is 0.533. The van der Waals surface area contributed by atoms with Crippen molar-refractivity contribution in [3.8, 4) is 23.0 Å². The Morgan fingerprint density at radius 1 is 1.00 bits per heavy atom. The zero-order valence-electron chi connectivity index (χ0n) is 16.4. The molecule has 0 fully saturated rings. The standard InChI is InChI=1S/C20H20N2O7/c1-26-14-6-5-11-9-22(20(25)17(11)18(14)29-4)21-19(24)13-8-16(28-3)15(27-2)7-12(13)10-23/h5-8,10H,9H2,1-4H3,(H,21,24). The molecule has 9 nitrogen and oxygen atoms in total. The van der Waals surface area contributed by atoms with E-state index in [1.807, 2.05) is 0 Å². The van der Waals surface area contributed by atoms with Gasteiger partial charge in [0, 0.05) is 5.56 Å². The summed E-state index contributed by atoms with van der Waals surface area (Å²) in [6.45, 7) is 0.143. The molecule has 0 unspecified atom stereocenters. The van der Waals surface area contributed by atoms with Gasteiger partial charge in [0.15, 0.2) is 29.3 Å². The number of rotatable bonds is 7. The van der Waals surface area contributed by atoms with Crippen molar-refractivity contribution in [3.63, 3.8) is 0 Å². The van der Waals surface area contributed by atoms with Gasteiger partial charge in [-0.05, 0) is 23.8 Å². The molecule has 0 bridgehead atoms. The molecule has 0 aliphatic carbocycles. The first-order valence-electron chi connectivity index (χ1n) is 8.56. The fraction of sp³-hybridized carbons (Fsp3) is 0.250. The molecule has 152 valence electrons. The first-order valence-corrected chi connectivity index (χ1v) is 8.56. The van der Waals surface area contributed by atoms with Crippen LogP contribution in [0.15, 0.2) is 24.3 Å². The number of carbonyl (C=O) groups excluding carboxylic acids is 3. The van der Waals surface area contributed by atoms with Crippen LogP contribution < -0.4 is 24.4 Å². The van der Waals surface area contributed by atoms with Crippen LogP contribution in [-0.4, -0.2) is 51.5 Å².